The molecular weight excluding hydrogens is 246 g/mol. The van der Waals surface area contributed by atoms with E-state index in [-0.39, 0.29) is 17.9 Å². The second-order valence-electron chi connectivity index (χ2n) is 5.24. The molecule has 4 heteroatoms. The molecule has 0 fully saturated rings. The Bertz CT molecular complexity index is 441. The van der Waals surface area contributed by atoms with Gasteiger partial charge in [-0.15, -0.1) is 11.3 Å². The Kier molecular flexibility index (Phi) is 4.07. The molecule has 1 aliphatic carbocycles. The van der Waals surface area contributed by atoms with Crippen molar-refractivity contribution < 1.29 is 9.53 Å². The molecule has 3 nitrogen and oxygen atoms in total. The monoisotopic (exact) mass is 267 g/mol. The number of ether oxygens (including phenoxy) is 1. The molecule has 2 rings (SSSR count). The van der Waals surface area contributed by atoms with Crippen molar-refractivity contribution in [3.63, 3.8) is 0 Å². The highest BCUT2D eigenvalue weighted by Gasteiger charge is 2.27. The van der Waals surface area contributed by atoms with Gasteiger partial charge in [-0.2, -0.15) is 0 Å². The second kappa shape index (κ2) is 5.41. The molecule has 0 radical (unpaired) electrons. The molecule has 3 atom stereocenters. The fourth-order valence-electron chi connectivity index (χ4n) is 2.55. The van der Waals surface area contributed by atoms with Gasteiger partial charge < -0.3 is 10.5 Å². The Morgan fingerprint density at radius 2 is 2.33 bits per heavy atom. The molecule has 0 saturated carbocycles. The molecule has 1 aromatic heterocycles. The fraction of sp³-hybridized carbons (Fsp3) is 0.643. The zero-order valence-corrected chi connectivity index (χ0v) is 12.0. The van der Waals surface area contributed by atoms with Crippen molar-refractivity contribution in [3.8, 4) is 0 Å². The lowest BCUT2D eigenvalue weighted by Crippen LogP contribution is -2.21. The minimum absolute atomic E-state index is 0.0959. The first-order chi connectivity index (χ1) is 8.52. The van der Waals surface area contributed by atoms with Gasteiger partial charge in [-0.05, 0) is 36.8 Å². The summed E-state index contributed by atoms with van der Waals surface area (Å²) in [6.45, 7) is 4.15. The number of primary amides is 1. The number of hydrogen-bond donors (Lipinski definition) is 1. The van der Waals surface area contributed by atoms with E-state index in [1.165, 1.54) is 21.7 Å². The van der Waals surface area contributed by atoms with Crippen LogP contribution in [0.2, 0.25) is 0 Å². The summed E-state index contributed by atoms with van der Waals surface area (Å²) >= 11 is 1.82. The number of carbonyl (C=O) groups excluding carboxylic acids is 1. The average molecular weight is 267 g/mol. The molecule has 0 spiro atoms. The first-order valence-electron chi connectivity index (χ1n) is 6.47. The number of thiophene rings is 1. The zero-order valence-electron chi connectivity index (χ0n) is 11.2. The predicted octanol–water partition coefficient (Wildman–Crippen LogP) is 3.00. The summed E-state index contributed by atoms with van der Waals surface area (Å²) < 4.78 is 5.55. The van der Waals surface area contributed by atoms with E-state index < -0.39 is 0 Å². The summed E-state index contributed by atoms with van der Waals surface area (Å²) in [5.74, 6) is 0.285. The number of nitrogens with two attached hydrogens (primary N) is 1. The lowest BCUT2D eigenvalue weighted by molar-refractivity contribution is -0.121. The van der Waals surface area contributed by atoms with E-state index in [9.17, 15) is 4.79 Å². The highest BCUT2D eigenvalue weighted by atomic mass is 32.1. The third kappa shape index (κ3) is 2.59. The first-order valence-corrected chi connectivity index (χ1v) is 7.29. The van der Waals surface area contributed by atoms with E-state index in [1.807, 2.05) is 18.3 Å². The van der Waals surface area contributed by atoms with Gasteiger partial charge in [0.2, 0.25) is 5.91 Å². The molecule has 3 unspecified atom stereocenters. The van der Waals surface area contributed by atoms with Crippen LogP contribution in [0.3, 0.4) is 0 Å². The van der Waals surface area contributed by atoms with Gasteiger partial charge in [0.15, 0.2) is 0 Å². The molecule has 18 heavy (non-hydrogen) atoms. The van der Waals surface area contributed by atoms with Gasteiger partial charge in [-0.3, -0.25) is 4.79 Å². The number of fused-ring (bicyclic) bond motifs is 1. The van der Waals surface area contributed by atoms with Crippen LogP contribution in [-0.4, -0.2) is 13.0 Å². The van der Waals surface area contributed by atoms with E-state index >= 15 is 0 Å². The third-order valence-corrected chi connectivity index (χ3v) is 5.18. The van der Waals surface area contributed by atoms with Gasteiger partial charge in [-0.1, -0.05) is 13.8 Å². The van der Waals surface area contributed by atoms with Crippen molar-refractivity contribution in [2.45, 2.75) is 45.1 Å². The predicted molar refractivity (Wildman–Crippen MR) is 73.8 cm³/mol. The molecule has 100 valence electrons. The van der Waals surface area contributed by atoms with Crippen LogP contribution >= 0.6 is 11.3 Å². The summed E-state index contributed by atoms with van der Waals surface area (Å²) in [6.07, 6.45) is 3.24. The molecule has 2 N–H and O–H groups in total. The summed E-state index contributed by atoms with van der Waals surface area (Å²) in [7, 11) is 1.77. The van der Waals surface area contributed by atoms with Crippen LogP contribution in [0.1, 0.15) is 54.0 Å². The Hall–Kier alpha value is -0.870. The van der Waals surface area contributed by atoms with Crippen LogP contribution in [0.4, 0.5) is 0 Å². The standard InChI is InChI=1S/C14H21NO2S/c1-8-4-5-12(17-3)11-7-10(18-13(8)11)6-9(2)14(15)16/h7-9,12H,4-6H2,1-3H3,(H2,15,16). The Balaban J connectivity index is 2.23. The normalized spacial score (nSPS) is 24.6. The molecule has 0 aliphatic heterocycles. The first kappa shape index (κ1) is 13.6. The maximum Gasteiger partial charge on any atom is 0.220 e. The summed E-state index contributed by atoms with van der Waals surface area (Å²) in [5, 5.41) is 0. The molecule has 0 bridgehead atoms. The number of carbonyl (C=O) groups is 1. The zero-order chi connectivity index (χ0) is 13.3. The van der Waals surface area contributed by atoms with E-state index in [0.717, 1.165) is 12.8 Å². The lowest BCUT2D eigenvalue weighted by Gasteiger charge is -2.25. The average Bonchev–Trinajstić information content (AvgIpc) is 2.74. The number of methoxy groups -OCH3 is 1. The molecule has 0 saturated heterocycles. The molecule has 1 aliphatic rings. The van der Waals surface area contributed by atoms with E-state index in [0.29, 0.717) is 5.92 Å². The molecular formula is C14H21NO2S. The summed E-state index contributed by atoms with van der Waals surface area (Å²) in [5.41, 5.74) is 6.65. The van der Waals surface area contributed by atoms with Crippen molar-refractivity contribution in [1.29, 1.82) is 0 Å². The highest BCUT2D eigenvalue weighted by Crippen LogP contribution is 2.43. The van der Waals surface area contributed by atoms with Crippen LogP contribution in [0.5, 0.6) is 0 Å². The van der Waals surface area contributed by atoms with Crippen molar-refractivity contribution in [2.24, 2.45) is 11.7 Å². The minimum Gasteiger partial charge on any atom is -0.377 e. The second-order valence-corrected chi connectivity index (χ2v) is 6.41. The number of hydrogen-bond acceptors (Lipinski definition) is 3. The van der Waals surface area contributed by atoms with Gasteiger partial charge in [-0.25, -0.2) is 0 Å². The minimum atomic E-state index is -0.224. The van der Waals surface area contributed by atoms with E-state index in [1.54, 1.807) is 7.11 Å². The van der Waals surface area contributed by atoms with Gasteiger partial charge in [0, 0.05) is 22.8 Å². The number of rotatable bonds is 4. The van der Waals surface area contributed by atoms with Crippen LogP contribution in [0.25, 0.3) is 0 Å². The maximum atomic E-state index is 11.1. The molecule has 1 amide bonds. The molecule has 1 heterocycles. The third-order valence-electron chi connectivity index (χ3n) is 3.78. The topological polar surface area (TPSA) is 52.3 Å². The quantitative estimate of drug-likeness (QED) is 0.911. The van der Waals surface area contributed by atoms with Crippen molar-refractivity contribution >= 4 is 17.2 Å². The van der Waals surface area contributed by atoms with Gasteiger partial charge in [0.05, 0.1) is 6.10 Å². The van der Waals surface area contributed by atoms with E-state index in [4.69, 9.17) is 10.5 Å². The largest absolute Gasteiger partial charge is 0.377 e. The van der Waals surface area contributed by atoms with Crippen LogP contribution in [0.15, 0.2) is 6.07 Å². The Labute approximate surface area is 112 Å². The van der Waals surface area contributed by atoms with Gasteiger partial charge in [0.25, 0.3) is 0 Å². The van der Waals surface area contributed by atoms with Gasteiger partial charge >= 0.3 is 0 Å². The van der Waals surface area contributed by atoms with Crippen molar-refractivity contribution in [3.05, 3.63) is 21.4 Å². The molecule has 1 aromatic rings. The van der Waals surface area contributed by atoms with Crippen molar-refractivity contribution in [2.75, 3.05) is 7.11 Å². The van der Waals surface area contributed by atoms with Crippen LogP contribution in [0, 0.1) is 5.92 Å². The Morgan fingerprint density at radius 1 is 1.61 bits per heavy atom. The highest BCUT2D eigenvalue weighted by molar-refractivity contribution is 7.12. The number of amides is 1. The van der Waals surface area contributed by atoms with Crippen LogP contribution < -0.4 is 5.73 Å². The fourth-order valence-corrected chi connectivity index (χ4v) is 3.98. The summed E-state index contributed by atoms with van der Waals surface area (Å²) in [6, 6.07) is 2.21. The lowest BCUT2D eigenvalue weighted by atomic mass is 9.88. The van der Waals surface area contributed by atoms with Crippen molar-refractivity contribution in [1.82, 2.24) is 0 Å². The van der Waals surface area contributed by atoms with E-state index in [2.05, 4.69) is 13.0 Å². The summed E-state index contributed by atoms with van der Waals surface area (Å²) in [4.78, 5) is 13.8. The Morgan fingerprint density at radius 3 is 2.94 bits per heavy atom. The van der Waals surface area contributed by atoms with Crippen LogP contribution in [-0.2, 0) is 16.0 Å². The maximum absolute atomic E-state index is 11.1. The van der Waals surface area contributed by atoms with Gasteiger partial charge in [0.1, 0.15) is 0 Å². The smallest absolute Gasteiger partial charge is 0.220 e. The SMILES string of the molecule is COC1CCC(C)c2sc(CC(C)C(N)=O)cc21. The molecule has 0 aromatic carbocycles.